The van der Waals surface area contributed by atoms with Crippen LogP contribution in [0.2, 0.25) is 0 Å². The third kappa shape index (κ3) is 4.65. The largest absolute Gasteiger partial charge is 0.507 e. The maximum Gasteiger partial charge on any atom is 0.417 e. The van der Waals surface area contributed by atoms with Crippen molar-refractivity contribution in [3.63, 3.8) is 0 Å². The maximum atomic E-state index is 13.0. The number of hydrogen-bond acceptors (Lipinski definition) is 4. The molecule has 1 aliphatic heterocycles. The number of imide groups is 1. The Bertz CT molecular complexity index is 816. The van der Waals surface area contributed by atoms with Crippen molar-refractivity contribution in [3.8, 4) is 5.75 Å². The van der Waals surface area contributed by atoms with Crippen LogP contribution in [-0.4, -0.2) is 34.2 Å². The predicted octanol–water partition coefficient (Wildman–Crippen LogP) is 5.54. The van der Waals surface area contributed by atoms with Crippen molar-refractivity contribution in [2.45, 2.75) is 85.1 Å². The Balaban J connectivity index is 2.60. The van der Waals surface area contributed by atoms with E-state index in [9.17, 15) is 14.7 Å². The second-order valence-corrected chi connectivity index (χ2v) is 10.5. The summed E-state index contributed by atoms with van der Waals surface area (Å²) in [5.74, 6) is -0.0190. The molecule has 1 heterocycles. The first kappa shape index (κ1) is 23.0. The summed E-state index contributed by atoms with van der Waals surface area (Å²) >= 11 is 0. The molecule has 1 N–H and O–H groups in total. The van der Waals surface area contributed by atoms with E-state index in [-0.39, 0.29) is 23.3 Å². The van der Waals surface area contributed by atoms with Crippen LogP contribution < -0.4 is 0 Å². The van der Waals surface area contributed by atoms with E-state index >= 15 is 0 Å². The monoisotopic (exact) mass is 401 g/mol. The molecule has 0 spiro atoms. The Morgan fingerprint density at radius 3 is 2.03 bits per heavy atom. The Morgan fingerprint density at radius 2 is 1.62 bits per heavy atom. The standard InChI is InChI=1S/C24H35NO4/c1-10-29-21(28)25-20(27)16(14-24(25,8)9)11-15-12-17(22(2,3)4)19(26)18(13-15)23(5,6)7/h11-13,26H,10,14H2,1-9H3/b16-11-. The molecule has 160 valence electrons. The SMILES string of the molecule is CCOC(=O)N1C(=O)/C(=C\c2cc(C(C)(C)C)c(O)c(C(C)(C)C)c2)CC1(C)C. The lowest BCUT2D eigenvalue weighted by molar-refractivity contribution is -0.126. The van der Waals surface area contributed by atoms with E-state index in [1.165, 1.54) is 4.90 Å². The lowest BCUT2D eigenvalue weighted by atomic mass is 9.78. The minimum atomic E-state index is -0.647. The first-order valence-corrected chi connectivity index (χ1v) is 10.2. The van der Waals surface area contributed by atoms with Gasteiger partial charge in [-0.3, -0.25) is 4.79 Å². The molecule has 5 nitrogen and oxygen atoms in total. The molecule has 0 bridgehead atoms. The topological polar surface area (TPSA) is 66.8 Å². The normalized spacial score (nSPS) is 18.4. The highest BCUT2D eigenvalue weighted by atomic mass is 16.6. The molecule has 29 heavy (non-hydrogen) atoms. The van der Waals surface area contributed by atoms with Crippen LogP contribution in [0.5, 0.6) is 5.75 Å². The average molecular weight is 402 g/mol. The van der Waals surface area contributed by atoms with Gasteiger partial charge in [0.1, 0.15) is 5.75 Å². The third-order valence-corrected chi connectivity index (χ3v) is 5.25. The van der Waals surface area contributed by atoms with Gasteiger partial charge in [0, 0.05) is 23.1 Å². The summed E-state index contributed by atoms with van der Waals surface area (Å²) < 4.78 is 5.08. The minimum absolute atomic E-state index is 0.222. The first-order chi connectivity index (χ1) is 13.1. The number of likely N-dealkylation sites (tertiary alicyclic amines) is 1. The van der Waals surface area contributed by atoms with Crippen LogP contribution in [0.25, 0.3) is 6.08 Å². The van der Waals surface area contributed by atoms with E-state index < -0.39 is 11.6 Å². The zero-order valence-electron chi connectivity index (χ0n) is 19.3. The molecule has 1 fully saturated rings. The number of carbonyl (C=O) groups is 2. The molecule has 0 unspecified atom stereocenters. The Hall–Kier alpha value is -2.30. The number of hydrogen-bond donors (Lipinski definition) is 1. The number of rotatable bonds is 2. The van der Waals surface area contributed by atoms with Crippen molar-refractivity contribution in [3.05, 3.63) is 34.4 Å². The van der Waals surface area contributed by atoms with Gasteiger partial charge >= 0.3 is 6.09 Å². The Morgan fingerprint density at radius 1 is 1.14 bits per heavy atom. The summed E-state index contributed by atoms with van der Waals surface area (Å²) in [5, 5.41) is 10.9. The summed E-state index contributed by atoms with van der Waals surface area (Å²) in [6.07, 6.45) is 1.68. The van der Waals surface area contributed by atoms with Gasteiger partial charge < -0.3 is 9.84 Å². The molecule has 0 aromatic heterocycles. The van der Waals surface area contributed by atoms with E-state index in [0.717, 1.165) is 16.7 Å². The van der Waals surface area contributed by atoms with Crippen molar-refractivity contribution >= 4 is 18.1 Å². The van der Waals surface area contributed by atoms with Gasteiger partial charge in [0.05, 0.1) is 12.1 Å². The van der Waals surface area contributed by atoms with Crippen molar-refractivity contribution in [2.24, 2.45) is 0 Å². The third-order valence-electron chi connectivity index (χ3n) is 5.25. The second kappa shape index (κ2) is 7.51. The predicted molar refractivity (Wildman–Crippen MR) is 116 cm³/mol. The van der Waals surface area contributed by atoms with Gasteiger partial charge in [-0.25, -0.2) is 9.69 Å². The Kier molecular flexibility index (Phi) is 5.95. The smallest absolute Gasteiger partial charge is 0.417 e. The van der Waals surface area contributed by atoms with E-state index in [0.29, 0.717) is 17.7 Å². The molecular weight excluding hydrogens is 366 g/mol. The summed E-state index contributed by atoms with van der Waals surface area (Å²) in [4.78, 5) is 26.5. The highest BCUT2D eigenvalue weighted by Gasteiger charge is 2.46. The number of phenols is 1. The van der Waals surface area contributed by atoms with Crippen molar-refractivity contribution in [1.82, 2.24) is 4.90 Å². The van der Waals surface area contributed by atoms with Gasteiger partial charge in [-0.15, -0.1) is 0 Å². The van der Waals surface area contributed by atoms with Gasteiger partial charge in [0.25, 0.3) is 5.91 Å². The molecule has 0 atom stereocenters. The lowest BCUT2D eigenvalue weighted by Gasteiger charge is -2.28. The average Bonchev–Trinajstić information content (AvgIpc) is 2.75. The number of phenolic OH excluding ortho intramolecular Hbond substituents is 1. The molecule has 2 rings (SSSR count). The minimum Gasteiger partial charge on any atom is -0.507 e. The fourth-order valence-corrected chi connectivity index (χ4v) is 3.75. The van der Waals surface area contributed by atoms with E-state index in [1.807, 2.05) is 32.1 Å². The van der Waals surface area contributed by atoms with Crippen LogP contribution in [-0.2, 0) is 20.4 Å². The first-order valence-electron chi connectivity index (χ1n) is 10.2. The molecule has 0 radical (unpaired) electrons. The summed E-state index contributed by atoms with van der Waals surface area (Å²) in [6, 6.07) is 3.87. The Labute approximate surface area is 174 Å². The molecule has 0 aliphatic carbocycles. The molecule has 1 aromatic carbocycles. The molecule has 5 heteroatoms. The molecule has 2 amide bonds. The van der Waals surface area contributed by atoms with Crippen molar-refractivity contribution < 1.29 is 19.4 Å². The highest BCUT2D eigenvalue weighted by molar-refractivity contribution is 6.08. The number of amides is 2. The van der Waals surface area contributed by atoms with Gasteiger partial charge in [-0.05, 0) is 55.4 Å². The number of ether oxygens (including phenoxy) is 1. The number of carbonyl (C=O) groups excluding carboxylic acids is 2. The molecule has 1 aromatic rings. The zero-order chi connectivity index (χ0) is 22.4. The van der Waals surface area contributed by atoms with Crippen LogP contribution >= 0.6 is 0 Å². The van der Waals surface area contributed by atoms with E-state index in [1.54, 1.807) is 6.92 Å². The molecule has 1 saturated heterocycles. The fraction of sp³-hybridized carbons (Fsp3) is 0.583. The maximum absolute atomic E-state index is 13.0. The van der Waals surface area contributed by atoms with Crippen LogP contribution in [0, 0.1) is 0 Å². The van der Waals surface area contributed by atoms with E-state index in [2.05, 4.69) is 41.5 Å². The molecular formula is C24H35NO4. The lowest BCUT2D eigenvalue weighted by Crippen LogP contribution is -2.45. The molecule has 0 saturated carbocycles. The quantitative estimate of drug-likeness (QED) is 0.661. The van der Waals surface area contributed by atoms with Gasteiger partial charge in [0.2, 0.25) is 0 Å². The number of benzene rings is 1. The van der Waals surface area contributed by atoms with E-state index in [4.69, 9.17) is 4.74 Å². The van der Waals surface area contributed by atoms with Gasteiger partial charge in [-0.2, -0.15) is 0 Å². The van der Waals surface area contributed by atoms with Crippen molar-refractivity contribution in [2.75, 3.05) is 6.61 Å². The highest BCUT2D eigenvalue weighted by Crippen LogP contribution is 2.41. The summed E-state index contributed by atoms with van der Waals surface area (Å²) in [6.45, 7) is 18.0. The molecule has 1 aliphatic rings. The fourth-order valence-electron chi connectivity index (χ4n) is 3.75. The summed E-state index contributed by atoms with van der Waals surface area (Å²) in [5.41, 5.74) is 1.93. The van der Waals surface area contributed by atoms with Gasteiger partial charge in [-0.1, -0.05) is 41.5 Å². The number of aromatic hydroxyl groups is 1. The zero-order valence-corrected chi connectivity index (χ0v) is 19.3. The van der Waals surface area contributed by atoms with Crippen LogP contribution in [0.3, 0.4) is 0 Å². The summed E-state index contributed by atoms with van der Waals surface area (Å²) in [7, 11) is 0. The van der Waals surface area contributed by atoms with Crippen LogP contribution in [0.15, 0.2) is 17.7 Å². The van der Waals surface area contributed by atoms with Crippen molar-refractivity contribution in [1.29, 1.82) is 0 Å². The van der Waals surface area contributed by atoms with Gasteiger partial charge in [0.15, 0.2) is 0 Å². The second-order valence-electron chi connectivity index (χ2n) is 10.5. The van der Waals surface area contributed by atoms with Crippen LogP contribution in [0.1, 0.15) is 85.4 Å². The van der Waals surface area contributed by atoms with Crippen LogP contribution in [0.4, 0.5) is 4.79 Å². The number of nitrogens with zero attached hydrogens (tertiary/aromatic N) is 1.